The van der Waals surface area contributed by atoms with Crippen molar-refractivity contribution in [2.45, 2.75) is 11.4 Å². The first-order chi connectivity index (χ1) is 10.3. The molecule has 0 aromatic heterocycles. The van der Waals surface area contributed by atoms with Crippen LogP contribution in [0.25, 0.3) is 0 Å². The van der Waals surface area contributed by atoms with Gasteiger partial charge < -0.3 is 0 Å². The van der Waals surface area contributed by atoms with Gasteiger partial charge in [0.2, 0.25) is 10.0 Å². The van der Waals surface area contributed by atoms with E-state index in [9.17, 15) is 18.5 Å². The topological polar surface area (TPSA) is 80.5 Å². The molecule has 0 saturated carbocycles. The Kier molecular flexibility index (Phi) is 4.80. The van der Waals surface area contributed by atoms with E-state index in [4.69, 9.17) is 11.6 Å². The molecule has 22 heavy (non-hydrogen) atoms. The van der Waals surface area contributed by atoms with E-state index in [1.807, 2.05) is 0 Å². The number of benzene rings is 2. The van der Waals surface area contributed by atoms with E-state index < -0.39 is 14.9 Å². The van der Waals surface area contributed by atoms with Gasteiger partial charge in [-0.25, -0.2) is 8.42 Å². The van der Waals surface area contributed by atoms with Crippen LogP contribution in [0.1, 0.15) is 5.56 Å². The monoisotopic (exact) mass is 340 g/mol. The SMILES string of the molecule is CN(Cc1ccccc1[N+](=O)[O-])S(=O)(=O)c1cccc(Cl)c1. The Bertz CT molecular complexity index is 808. The van der Waals surface area contributed by atoms with Gasteiger partial charge in [-0.2, -0.15) is 4.31 Å². The van der Waals surface area contributed by atoms with Gasteiger partial charge >= 0.3 is 0 Å². The zero-order valence-corrected chi connectivity index (χ0v) is 13.2. The third-order valence-electron chi connectivity index (χ3n) is 3.09. The molecule has 6 nitrogen and oxygen atoms in total. The molecule has 0 bridgehead atoms. The van der Waals surface area contributed by atoms with Crippen LogP contribution in [0.15, 0.2) is 53.4 Å². The van der Waals surface area contributed by atoms with E-state index in [0.29, 0.717) is 10.6 Å². The average molecular weight is 341 g/mol. The van der Waals surface area contributed by atoms with E-state index >= 15 is 0 Å². The summed E-state index contributed by atoms with van der Waals surface area (Å²) in [5.41, 5.74) is 0.205. The fourth-order valence-corrected chi connectivity index (χ4v) is 3.41. The maximum Gasteiger partial charge on any atom is 0.273 e. The number of rotatable bonds is 5. The highest BCUT2D eigenvalue weighted by Gasteiger charge is 2.24. The summed E-state index contributed by atoms with van der Waals surface area (Å²) < 4.78 is 26.0. The van der Waals surface area contributed by atoms with E-state index in [1.165, 1.54) is 43.4 Å². The molecule has 2 rings (SSSR count). The maximum atomic E-state index is 12.5. The molecule has 0 heterocycles. The van der Waals surface area contributed by atoms with Crippen LogP contribution in [0.5, 0.6) is 0 Å². The summed E-state index contributed by atoms with van der Waals surface area (Å²) in [6, 6.07) is 11.9. The molecule has 2 aromatic rings. The fraction of sp³-hybridized carbons (Fsp3) is 0.143. The Morgan fingerprint density at radius 2 is 1.86 bits per heavy atom. The second-order valence-electron chi connectivity index (χ2n) is 4.60. The summed E-state index contributed by atoms with van der Waals surface area (Å²) in [5.74, 6) is 0. The lowest BCUT2D eigenvalue weighted by Gasteiger charge is -2.17. The predicted octanol–water partition coefficient (Wildman–Crippen LogP) is 3.07. The van der Waals surface area contributed by atoms with Crippen LogP contribution < -0.4 is 0 Å². The highest BCUT2D eigenvalue weighted by atomic mass is 35.5. The predicted molar refractivity (Wildman–Crippen MR) is 83.2 cm³/mol. The molecule has 0 aliphatic rings. The van der Waals surface area contributed by atoms with Gasteiger partial charge in [-0.05, 0) is 18.2 Å². The van der Waals surface area contributed by atoms with Crippen LogP contribution in [-0.2, 0) is 16.6 Å². The Morgan fingerprint density at radius 3 is 2.50 bits per heavy atom. The van der Waals surface area contributed by atoms with Crippen molar-refractivity contribution in [3.8, 4) is 0 Å². The van der Waals surface area contributed by atoms with Gasteiger partial charge in [0.15, 0.2) is 0 Å². The number of halogens is 1. The minimum Gasteiger partial charge on any atom is -0.258 e. The summed E-state index contributed by atoms with van der Waals surface area (Å²) in [6.07, 6.45) is 0. The third kappa shape index (κ3) is 3.44. The number of nitro benzene ring substituents is 1. The van der Waals surface area contributed by atoms with Crippen molar-refractivity contribution in [2.75, 3.05) is 7.05 Å². The molecule has 2 aromatic carbocycles. The van der Waals surface area contributed by atoms with Gasteiger partial charge in [-0.15, -0.1) is 0 Å². The quantitative estimate of drug-likeness (QED) is 0.618. The molecule has 0 aliphatic heterocycles. The molecule has 0 unspecified atom stereocenters. The molecule has 0 saturated heterocycles. The van der Waals surface area contributed by atoms with Gasteiger partial charge in [-0.3, -0.25) is 10.1 Å². The van der Waals surface area contributed by atoms with Gasteiger partial charge in [0.25, 0.3) is 5.69 Å². The minimum atomic E-state index is -3.78. The van der Waals surface area contributed by atoms with Crippen LogP contribution in [0, 0.1) is 10.1 Å². The van der Waals surface area contributed by atoms with E-state index in [1.54, 1.807) is 12.1 Å². The average Bonchev–Trinajstić information content (AvgIpc) is 2.47. The summed E-state index contributed by atoms with van der Waals surface area (Å²) in [4.78, 5) is 10.5. The molecular formula is C14H13ClN2O4S. The van der Waals surface area contributed by atoms with Gasteiger partial charge in [0.1, 0.15) is 0 Å². The summed E-state index contributed by atoms with van der Waals surface area (Å²) in [6.45, 7) is -0.105. The Morgan fingerprint density at radius 1 is 1.18 bits per heavy atom. The highest BCUT2D eigenvalue weighted by molar-refractivity contribution is 7.89. The number of para-hydroxylation sites is 1. The van der Waals surface area contributed by atoms with Crippen molar-refractivity contribution in [2.24, 2.45) is 0 Å². The van der Waals surface area contributed by atoms with Crippen molar-refractivity contribution in [3.63, 3.8) is 0 Å². The van der Waals surface area contributed by atoms with Gasteiger partial charge in [0.05, 0.1) is 9.82 Å². The van der Waals surface area contributed by atoms with Crippen LogP contribution in [0.2, 0.25) is 5.02 Å². The van der Waals surface area contributed by atoms with Gasteiger partial charge in [0, 0.05) is 30.2 Å². The van der Waals surface area contributed by atoms with Crippen molar-refractivity contribution in [1.29, 1.82) is 0 Å². The summed E-state index contributed by atoms with van der Waals surface area (Å²) >= 11 is 5.81. The van der Waals surface area contributed by atoms with Crippen molar-refractivity contribution in [3.05, 3.63) is 69.2 Å². The van der Waals surface area contributed by atoms with Crippen LogP contribution in [-0.4, -0.2) is 24.7 Å². The summed E-state index contributed by atoms with van der Waals surface area (Å²) in [7, 11) is -2.41. The second kappa shape index (κ2) is 6.43. The number of nitro groups is 1. The Labute approximate surface area is 133 Å². The first-order valence-electron chi connectivity index (χ1n) is 6.26. The van der Waals surface area contributed by atoms with E-state index in [0.717, 1.165) is 4.31 Å². The third-order valence-corrected chi connectivity index (χ3v) is 5.12. The van der Waals surface area contributed by atoms with Crippen LogP contribution >= 0.6 is 11.6 Å². The molecule has 0 N–H and O–H groups in total. The zero-order chi connectivity index (χ0) is 16.3. The molecule has 116 valence electrons. The number of hydrogen-bond acceptors (Lipinski definition) is 4. The van der Waals surface area contributed by atoms with Crippen LogP contribution in [0.3, 0.4) is 0 Å². The molecular weight excluding hydrogens is 328 g/mol. The Balaban J connectivity index is 2.33. The Hall–Kier alpha value is -1.96. The number of sulfonamides is 1. The molecule has 8 heteroatoms. The molecule has 0 radical (unpaired) electrons. The molecule has 0 amide bonds. The minimum absolute atomic E-state index is 0.0427. The zero-order valence-electron chi connectivity index (χ0n) is 11.6. The lowest BCUT2D eigenvalue weighted by Crippen LogP contribution is -2.26. The first-order valence-corrected chi connectivity index (χ1v) is 8.08. The standard InChI is InChI=1S/C14H13ClN2O4S/c1-16(10-11-5-2-3-8-14(11)17(18)19)22(20,21)13-7-4-6-12(15)9-13/h2-9H,10H2,1H3. The smallest absolute Gasteiger partial charge is 0.258 e. The molecule has 0 atom stereocenters. The van der Waals surface area contributed by atoms with Crippen molar-refractivity contribution in [1.82, 2.24) is 4.31 Å². The van der Waals surface area contributed by atoms with E-state index in [2.05, 4.69) is 0 Å². The lowest BCUT2D eigenvalue weighted by atomic mass is 10.2. The summed E-state index contributed by atoms with van der Waals surface area (Å²) in [5, 5.41) is 11.3. The van der Waals surface area contributed by atoms with Gasteiger partial charge in [-0.1, -0.05) is 35.9 Å². The van der Waals surface area contributed by atoms with E-state index in [-0.39, 0.29) is 17.1 Å². The fourth-order valence-electron chi connectivity index (χ4n) is 1.95. The number of nitrogens with zero attached hydrogens (tertiary/aromatic N) is 2. The maximum absolute atomic E-state index is 12.5. The second-order valence-corrected chi connectivity index (χ2v) is 7.09. The largest absolute Gasteiger partial charge is 0.273 e. The van der Waals surface area contributed by atoms with Crippen molar-refractivity contribution < 1.29 is 13.3 Å². The molecule has 0 aliphatic carbocycles. The highest BCUT2D eigenvalue weighted by Crippen LogP contribution is 2.23. The molecule has 0 spiro atoms. The number of hydrogen-bond donors (Lipinski definition) is 0. The first kappa shape index (κ1) is 16.4. The lowest BCUT2D eigenvalue weighted by molar-refractivity contribution is -0.385. The van der Waals surface area contributed by atoms with Crippen molar-refractivity contribution >= 4 is 27.3 Å². The molecule has 0 fully saturated rings. The van der Waals surface area contributed by atoms with Crippen LogP contribution in [0.4, 0.5) is 5.69 Å². The normalized spacial score (nSPS) is 11.6.